The van der Waals surface area contributed by atoms with Crippen LogP contribution in [0, 0.1) is 29.6 Å². The van der Waals surface area contributed by atoms with Gasteiger partial charge in [-0.15, -0.1) is 4.31 Å². The number of nitrogens with zero attached hydrogens (tertiary/aromatic N) is 7. The first-order valence-electron chi connectivity index (χ1n) is 30.0. The van der Waals surface area contributed by atoms with Gasteiger partial charge in [0, 0.05) is 93.0 Å². The van der Waals surface area contributed by atoms with Crippen molar-refractivity contribution in [2.45, 2.75) is 159 Å². The number of nitrogens with one attached hydrogen (secondary N) is 2. The van der Waals surface area contributed by atoms with E-state index in [0.29, 0.717) is 64.4 Å². The van der Waals surface area contributed by atoms with Crippen LogP contribution in [-0.4, -0.2) is 158 Å². The standard InChI is InChI=1S/C63H83N9O7S/c1-7-70-52-25-22-44-33-48(52)49(56(70)47-16-10-28-64-53(47)41(3)78-6)34-62(4,5)39-79-61(76)50-17-12-30-71(66-50)59(74)51(36-67-29-11-15-45(44)35-67)65-58(73)55(42-13-8-9-14-42)68-31-26-63(37-68)27-32-69(38-63)60(75)57-54(43-20-21-43)72(57)80(77)46-23-18-40(2)19-24-46/h10,15-16,18-19,22-25,28,33,41-43,50-51,54-55,57,66H,7-9,11-14,17,20-21,26-27,29-32,34-39H2,1-6H3,(H,65,73)/t41-,50-,51-,54+,55-,57+,63-,72?,80?/m0/s1. The molecule has 2 saturated carbocycles. The average molecular weight is 1110 g/mol. The largest absolute Gasteiger partial charge is 0.593 e. The molecule has 2 N–H and O–H groups in total. The maximum atomic E-state index is 15.4. The van der Waals surface area contributed by atoms with Gasteiger partial charge in [0.05, 0.1) is 47.5 Å². The van der Waals surface area contributed by atoms with Crippen LogP contribution in [-0.2, 0) is 53.0 Å². The van der Waals surface area contributed by atoms with Gasteiger partial charge in [-0.25, -0.2) is 5.43 Å². The van der Waals surface area contributed by atoms with Crippen LogP contribution in [0.1, 0.15) is 127 Å². The number of aromatic nitrogens is 2. The van der Waals surface area contributed by atoms with Gasteiger partial charge in [-0.1, -0.05) is 56.5 Å². The topological polar surface area (TPSA) is 168 Å². The predicted octanol–water partition coefficient (Wildman–Crippen LogP) is 7.60. The van der Waals surface area contributed by atoms with Gasteiger partial charge in [0.2, 0.25) is 11.8 Å². The lowest BCUT2D eigenvalue weighted by atomic mass is 9.84. The summed E-state index contributed by atoms with van der Waals surface area (Å²) < 4.78 is 30.4. The van der Waals surface area contributed by atoms with E-state index >= 15 is 9.59 Å². The SMILES string of the molecule is CCn1c(-c2cccnc2[C@H](C)OC)c2c3cc(ccc31)C1=CCCN(C1)C[C@H](NC(=O)[C@H](C1CCCC1)N1CC[C@]3(CCN(C(=O)[C@H]4[C@@H](C5CC5)N4[S+]([O-])c4ccc(C)cc4)C3)C1)C(=O)N1CCC[C@H](N1)C(=O)OCC(C)(C)C2. The third kappa shape index (κ3) is 10.9. The van der Waals surface area contributed by atoms with Gasteiger partial charge in [-0.3, -0.25) is 39.0 Å². The molecule has 80 heavy (non-hydrogen) atoms. The van der Waals surface area contributed by atoms with Crippen molar-refractivity contribution < 1.29 is 33.2 Å². The number of hydrogen-bond donors (Lipinski definition) is 2. The van der Waals surface area contributed by atoms with Gasteiger partial charge in [-0.2, -0.15) is 0 Å². The van der Waals surface area contributed by atoms with Crippen molar-refractivity contribution in [3.63, 3.8) is 0 Å². The Morgan fingerprint density at radius 3 is 2.52 bits per heavy atom. The molecule has 428 valence electrons. The summed E-state index contributed by atoms with van der Waals surface area (Å²) in [6.45, 7) is 16.2. The van der Waals surface area contributed by atoms with Gasteiger partial charge >= 0.3 is 5.97 Å². The number of hydrogen-bond acceptors (Lipinski definition) is 12. The maximum absolute atomic E-state index is 15.4. The molecular formula is C63H83N9O7S. The molecule has 3 amide bonds. The highest BCUT2D eigenvalue weighted by Gasteiger charge is 2.67. The zero-order valence-electron chi connectivity index (χ0n) is 47.9. The van der Waals surface area contributed by atoms with Gasteiger partial charge in [0.15, 0.2) is 10.9 Å². The van der Waals surface area contributed by atoms with Crippen molar-refractivity contribution in [1.82, 2.24) is 44.3 Å². The number of cyclic esters (lactones) is 1. The average Bonchev–Trinajstić information content (AvgIpc) is 4.42. The normalized spacial score (nSPS) is 29.6. The van der Waals surface area contributed by atoms with Crippen molar-refractivity contribution in [1.29, 1.82) is 0 Å². The van der Waals surface area contributed by atoms with E-state index in [4.69, 9.17) is 14.5 Å². The monoisotopic (exact) mass is 1110 g/mol. The number of ether oxygens (including phenoxy) is 2. The quantitative estimate of drug-likeness (QED) is 0.0812. The highest BCUT2D eigenvalue weighted by Crippen LogP contribution is 2.52. The summed E-state index contributed by atoms with van der Waals surface area (Å²) in [5, 5.41) is 6.13. The first-order chi connectivity index (χ1) is 38.6. The predicted molar refractivity (Wildman–Crippen MR) is 309 cm³/mol. The minimum absolute atomic E-state index is 0.0188. The third-order valence-electron chi connectivity index (χ3n) is 19.3. The van der Waals surface area contributed by atoms with E-state index in [1.165, 1.54) is 11.1 Å². The van der Waals surface area contributed by atoms with E-state index in [2.05, 4.69) is 76.2 Å². The Hall–Kier alpha value is -5.14. The second kappa shape index (κ2) is 22.6. The molecule has 10 atom stereocenters. The molecule has 8 heterocycles. The second-order valence-electron chi connectivity index (χ2n) is 25.6. The zero-order chi connectivity index (χ0) is 55.6. The lowest BCUT2D eigenvalue weighted by Gasteiger charge is -2.39. The van der Waals surface area contributed by atoms with Gasteiger partial charge in [-0.05, 0) is 156 Å². The number of hydrazine groups is 1. The Morgan fingerprint density at radius 1 is 0.975 bits per heavy atom. The fraction of sp³-hybridized carbons (Fsp3) is 0.603. The second-order valence-corrected chi connectivity index (χ2v) is 27.0. The van der Waals surface area contributed by atoms with Crippen LogP contribution in [0.3, 0.4) is 0 Å². The molecule has 6 fully saturated rings. The maximum Gasteiger partial charge on any atom is 0.324 e. The number of fused-ring (bicyclic) bond motifs is 6. The molecule has 6 bridgehead atoms. The Labute approximate surface area is 475 Å². The molecule has 8 aliphatic rings. The first-order valence-corrected chi connectivity index (χ1v) is 31.1. The highest BCUT2D eigenvalue weighted by atomic mass is 32.2. The molecule has 0 radical (unpaired) electrons. The Kier molecular flexibility index (Phi) is 15.6. The minimum atomic E-state index is -1.40. The molecule has 4 aromatic rings. The van der Waals surface area contributed by atoms with Crippen molar-refractivity contribution in [3.8, 4) is 11.3 Å². The third-order valence-corrected chi connectivity index (χ3v) is 20.8. The van der Waals surface area contributed by atoms with E-state index in [1.807, 2.05) is 59.6 Å². The molecule has 4 saturated heterocycles. The van der Waals surface area contributed by atoms with Gasteiger partial charge in [0.25, 0.3) is 5.91 Å². The lowest BCUT2D eigenvalue weighted by Crippen LogP contribution is -2.63. The number of rotatable bonds is 12. The number of esters is 1. The van der Waals surface area contributed by atoms with Crippen LogP contribution in [0.2, 0.25) is 0 Å². The van der Waals surface area contributed by atoms with Gasteiger partial charge in [0.1, 0.15) is 12.1 Å². The number of carbonyl (C=O) groups excluding carboxylic acids is 4. The summed E-state index contributed by atoms with van der Waals surface area (Å²) >= 11 is -1.40. The van der Waals surface area contributed by atoms with E-state index in [0.717, 1.165) is 121 Å². The summed E-state index contributed by atoms with van der Waals surface area (Å²) in [4.78, 5) is 71.6. The van der Waals surface area contributed by atoms with E-state index in [-0.39, 0.29) is 53.8 Å². The summed E-state index contributed by atoms with van der Waals surface area (Å²) in [7, 11) is 1.72. The van der Waals surface area contributed by atoms with Crippen molar-refractivity contribution in [3.05, 3.63) is 89.3 Å². The molecule has 3 unspecified atom stereocenters. The molecule has 2 aliphatic carbocycles. The van der Waals surface area contributed by atoms with Crippen LogP contribution in [0.5, 0.6) is 0 Å². The summed E-state index contributed by atoms with van der Waals surface area (Å²) in [5.41, 5.74) is 11.4. The van der Waals surface area contributed by atoms with Crippen molar-refractivity contribution in [2.75, 3.05) is 66.1 Å². The first kappa shape index (κ1) is 55.4. The summed E-state index contributed by atoms with van der Waals surface area (Å²) in [5.74, 6) is -0.106. The van der Waals surface area contributed by atoms with Crippen LogP contribution >= 0.6 is 0 Å². The van der Waals surface area contributed by atoms with Crippen LogP contribution in [0.15, 0.2) is 71.8 Å². The smallest absolute Gasteiger partial charge is 0.324 e. The van der Waals surface area contributed by atoms with Crippen LogP contribution < -0.4 is 10.7 Å². The zero-order valence-corrected chi connectivity index (χ0v) is 48.7. The van der Waals surface area contributed by atoms with Crippen molar-refractivity contribution in [2.24, 2.45) is 22.7 Å². The fourth-order valence-corrected chi connectivity index (χ4v) is 16.2. The van der Waals surface area contributed by atoms with Crippen LogP contribution in [0.4, 0.5) is 0 Å². The lowest BCUT2D eigenvalue weighted by molar-refractivity contribution is -0.155. The molecule has 17 heteroatoms. The summed E-state index contributed by atoms with van der Waals surface area (Å²) in [6, 6.07) is 16.4. The van der Waals surface area contributed by atoms with E-state index < -0.39 is 40.9 Å². The molecular weight excluding hydrogens is 1030 g/mol. The molecule has 6 aliphatic heterocycles. The Bertz CT molecular complexity index is 3030. The van der Waals surface area contributed by atoms with Gasteiger partial charge < -0.3 is 28.8 Å². The molecule has 1 spiro atoms. The molecule has 2 aromatic carbocycles. The molecule has 16 nitrogen and oxygen atoms in total. The van der Waals surface area contributed by atoms with Crippen molar-refractivity contribution >= 4 is 51.5 Å². The number of aryl methyl sites for hydroxylation is 2. The number of benzene rings is 2. The molecule has 12 rings (SSSR count). The fourth-order valence-electron chi connectivity index (χ4n) is 14.7. The minimum Gasteiger partial charge on any atom is -0.593 e. The molecule has 2 aromatic heterocycles. The number of carbonyl (C=O) groups is 4. The Balaban J connectivity index is 0.810. The van der Waals surface area contributed by atoms with E-state index in [9.17, 15) is 14.1 Å². The number of methoxy groups -OCH3 is 1. The number of amides is 3. The number of likely N-dealkylation sites (tertiary alicyclic amines) is 2. The number of pyridine rings is 1. The Morgan fingerprint density at radius 2 is 1.76 bits per heavy atom. The van der Waals surface area contributed by atoms with E-state index in [1.54, 1.807) is 12.1 Å². The van der Waals surface area contributed by atoms with Crippen LogP contribution in [0.25, 0.3) is 27.7 Å². The highest BCUT2D eigenvalue weighted by molar-refractivity contribution is 7.89. The summed E-state index contributed by atoms with van der Waals surface area (Å²) in [6.07, 6.45) is 14.4.